The number of Topliss-reactive ketones (excluding diaryl/α,β-unsaturated/α-hetero) is 2. The van der Waals surface area contributed by atoms with Crippen molar-refractivity contribution in [1.29, 1.82) is 0 Å². The Kier molecular flexibility index (Phi) is 31.8. The second-order valence-electron chi connectivity index (χ2n) is 28.9. The highest BCUT2D eigenvalue weighted by Crippen LogP contribution is 2.46. The van der Waals surface area contributed by atoms with Gasteiger partial charge in [-0.2, -0.15) is 0 Å². The van der Waals surface area contributed by atoms with Gasteiger partial charge in [0.1, 0.15) is 86.7 Å². The second kappa shape index (κ2) is 42.6. The molecule has 682 valence electrons. The molecule has 3 unspecified atom stereocenters. The number of carboxylic acids is 2. The SMILES string of the molecule is CC1Oc2ccc(C(=O)O)cc2N(Cc2c(F)cccc2Cl)C1=O.CC1Oc2ccc(C(=O)O)cc2N(Cc2cc(F)cc(F)c2)C1=O.COC(=O)c1cc(Br)c2c(c1)CC(=O)CO2.COC(=O)c1ccc2c(c1Br)CC(=O)CO2.COC(=O)c1ccc2c(n1)N(Cc1cc(F)cc(F)c1)C(=O)CO2.COC(=O)c1cnc2c(c1)N(Cc1cc(F)cc(F)c1)C(=O)C(C)(CO)S2. The lowest BCUT2D eigenvalue weighted by molar-refractivity contribution is -0.126. The Morgan fingerprint density at radius 3 is 1.51 bits per heavy atom. The van der Waals surface area contributed by atoms with Crippen molar-refractivity contribution in [3.8, 4) is 28.7 Å². The number of pyridine rings is 2. The first-order valence-electron chi connectivity index (χ1n) is 38.5. The molecular weight excluding hydrogens is 1910 g/mol. The largest absolute Gasteiger partial charge is 0.485 e. The number of thioether (sulfide) groups is 1. The number of carbonyl (C=O) groups excluding carboxylic acids is 10. The summed E-state index contributed by atoms with van der Waals surface area (Å²) < 4.78 is 140. The lowest BCUT2D eigenvalue weighted by Crippen LogP contribution is -2.50. The maximum absolute atomic E-state index is 14.1. The summed E-state index contributed by atoms with van der Waals surface area (Å²) in [6.07, 6.45) is 0.329. The quantitative estimate of drug-likeness (QED) is 0.0487. The van der Waals surface area contributed by atoms with Gasteiger partial charge in [-0.3, -0.25) is 33.7 Å². The number of hydrogen-bond acceptors (Lipinski definition) is 25. The number of carboxylic acid groups (broad SMARTS) is 2. The fraction of sp³-hybridized carbons (Fsp3) is 0.222. The molecule has 8 heterocycles. The van der Waals surface area contributed by atoms with E-state index in [0.717, 1.165) is 66.4 Å². The van der Waals surface area contributed by atoms with Gasteiger partial charge in [0.25, 0.3) is 17.7 Å². The van der Waals surface area contributed by atoms with Crippen LogP contribution in [-0.4, -0.2) is 168 Å². The van der Waals surface area contributed by atoms with E-state index in [1.165, 1.54) is 127 Å². The molecule has 0 spiro atoms. The summed E-state index contributed by atoms with van der Waals surface area (Å²) in [7, 11) is 5.06. The lowest BCUT2D eigenvalue weighted by Gasteiger charge is -2.38. The molecule has 16 rings (SSSR count). The number of fused-ring (bicyclic) bond motifs is 6. The number of rotatable bonds is 15. The Bertz CT molecular complexity index is 6180. The van der Waals surface area contributed by atoms with Crippen LogP contribution in [0, 0.1) is 40.7 Å². The summed E-state index contributed by atoms with van der Waals surface area (Å²) in [6.45, 7) is 3.70. The van der Waals surface area contributed by atoms with Gasteiger partial charge in [-0.25, -0.2) is 69.5 Å². The maximum Gasteiger partial charge on any atom is 0.356 e. The smallest absolute Gasteiger partial charge is 0.356 e. The Balaban J connectivity index is 0.000000153. The molecular formula is C90H72Br2ClF7N6O24S. The summed E-state index contributed by atoms with van der Waals surface area (Å²) in [4.78, 5) is 154. The van der Waals surface area contributed by atoms with Crippen molar-refractivity contribution in [1.82, 2.24) is 9.97 Å². The van der Waals surface area contributed by atoms with E-state index in [2.05, 4.69) is 60.8 Å². The van der Waals surface area contributed by atoms with Crippen molar-refractivity contribution >= 4 is 149 Å². The number of aromatic carboxylic acids is 2. The summed E-state index contributed by atoms with van der Waals surface area (Å²) in [6, 6.07) is 32.4. The molecule has 2 aromatic heterocycles. The van der Waals surface area contributed by atoms with E-state index in [0.29, 0.717) is 77.1 Å². The molecule has 8 aromatic carbocycles. The molecule has 0 aliphatic carbocycles. The van der Waals surface area contributed by atoms with Crippen LogP contribution in [0.4, 0.5) is 53.6 Å². The van der Waals surface area contributed by atoms with Gasteiger partial charge in [-0.05, 0) is 197 Å². The number of ketones is 2. The third-order valence-corrected chi connectivity index (χ3v) is 22.8. The van der Waals surface area contributed by atoms with Gasteiger partial charge in [-0.1, -0.05) is 29.4 Å². The molecule has 0 saturated carbocycles. The molecule has 41 heteroatoms. The van der Waals surface area contributed by atoms with Crippen LogP contribution in [0.1, 0.15) is 116 Å². The molecule has 0 bridgehead atoms. The van der Waals surface area contributed by atoms with Gasteiger partial charge in [0.05, 0.1) is 111 Å². The zero-order valence-electron chi connectivity index (χ0n) is 69.5. The van der Waals surface area contributed by atoms with E-state index in [1.54, 1.807) is 45.0 Å². The third kappa shape index (κ3) is 23.4. The summed E-state index contributed by atoms with van der Waals surface area (Å²) >= 11 is 13.7. The number of aromatic nitrogens is 2. The molecule has 6 aliphatic rings. The van der Waals surface area contributed by atoms with Crippen molar-refractivity contribution < 1.29 is 146 Å². The van der Waals surface area contributed by atoms with E-state index < -0.39 is 124 Å². The molecule has 3 atom stereocenters. The zero-order chi connectivity index (χ0) is 95.3. The fourth-order valence-electron chi connectivity index (χ4n) is 13.4. The fourth-order valence-corrected chi connectivity index (χ4v) is 15.9. The molecule has 0 fully saturated rings. The first kappa shape index (κ1) is 97.8. The third-order valence-electron chi connectivity index (χ3n) is 19.7. The summed E-state index contributed by atoms with van der Waals surface area (Å²) in [5, 5.41) is 28.6. The van der Waals surface area contributed by atoms with Gasteiger partial charge in [0.2, 0.25) is 5.91 Å². The average molecular weight is 1980 g/mol. The lowest BCUT2D eigenvalue weighted by atomic mass is 10.0. The van der Waals surface area contributed by atoms with Crippen molar-refractivity contribution in [3.05, 3.63) is 279 Å². The molecule has 30 nitrogen and oxygen atoms in total. The van der Waals surface area contributed by atoms with Crippen molar-refractivity contribution in [2.45, 2.75) is 81.8 Å². The predicted molar refractivity (Wildman–Crippen MR) is 460 cm³/mol. The van der Waals surface area contributed by atoms with Crippen LogP contribution < -0.4 is 43.3 Å². The summed E-state index contributed by atoms with van der Waals surface area (Å²) in [5.74, 6) is -8.90. The monoisotopic (exact) mass is 1980 g/mol. The number of amides is 4. The minimum Gasteiger partial charge on any atom is -0.485 e. The average Bonchev–Trinajstić information content (AvgIpc) is 0.752. The van der Waals surface area contributed by atoms with E-state index >= 15 is 0 Å². The number of aliphatic hydroxyl groups is 1. The first-order chi connectivity index (χ1) is 62.2. The zero-order valence-corrected chi connectivity index (χ0v) is 74.3. The Morgan fingerprint density at radius 2 is 0.992 bits per heavy atom. The van der Waals surface area contributed by atoms with Crippen molar-refractivity contribution in [2.75, 3.05) is 74.5 Å². The number of anilines is 4. The number of methoxy groups -OCH3 is 4. The van der Waals surface area contributed by atoms with E-state index in [-0.39, 0.29) is 131 Å². The number of nitrogens with zero attached hydrogens (tertiary/aromatic N) is 6. The number of aliphatic hydroxyl groups excluding tert-OH is 1. The van der Waals surface area contributed by atoms with Crippen molar-refractivity contribution in [2.24, 2.45) is 0 Å². The van der Waals surface area contributed by atoms with Crippen LogP contribution in [0.3, 0.4) is 0 Å². The van der Waals surface area contributed by atoms with Crippen molar-refractivity contribution in [3.63, 3.8) is 0 Å². The predicted octanol–water partition coefficient (Wildman–Crippen LogP) is 14.6. The number of benzene rings is 8. The Morgan fingerprint density at radius 1 is 0.519 bits per heavy atom. The normalized spacial score (nSPS) is 15.8. The number of ether oxygens (including phenoxy) is 9. The molecule has 3 N–H and O–H groups in total. The van der Waals surface area contributed by atoms with Crippen LogP contribution in [0.15, 0.2) is 172 Å². The minimum absolute atomic E-state index is 0.00131. The molecule has 0 saturated heterocycles. The van der Waals surface area contributed by atoms with Crippen LogP contribution in [-0.2, 0) is 86.7 Å². The van der Waals surface area contributed by atoms with Gasteiger partial charge in [0, 0.05) is 63.4 Å². The maximum atomic E-state index is 14.1. The molecule has 6 aliphatic heterocycles. The molecule has 0 radical (unpaired) electrons. The van der Waals surface area contributed by atoms with Crippen LogP contribution >= 0.6 is 55.2 Å². The highest BCUT2D eigenvalue weighted by Gasteiger charge is 2.45. The van der Waals surface area contributed by atoms with Gasteiger partial charge in [-0.15, -0.1) is 0 Å². The number of carbonyl (C=O) groups is 12. The molecule has 131 heavy (non-hydrogen) atoms. The standard InChI is InChI=1S/C18H16F2N2O4S.C17H13ClFNO4.C17H13F2NO4.C16H12F2N2O4.2C11H9BrO4/c1-18(9-23)17(25)22(8-10-3-12(19)6-13(20)4-10)14-5-11(16(24)26-2)7-21-15(14)27-18;1-9-16(21)20(8-11-12(18)3-2-4-13(11)19)14-7-10(17(22)23)5-6-15(14)24-9;1-9-16(21)20(8-10-4-12(18)7-13(19)5-10)14-6-11(17(22)23)2-3-15(14)24-9;1-23-16(22)12-2-3-13-15(19-12)20(14(21)8-24-13)7-9-4-10(17)6-11(18)5-9;1-15-11(14)7-2-6-3-8(13)5-16-10(6)9(12)4-7;1-15-11(14)7-2-3-9-8(10(7)12)4-6(13)5-16-9/h3-7,23H,8-9H2,1-2H3;2*2-7,9H,8H2,1H3,(H,22,23);2-6H,7-8H2,1H3;2,4H,3,5H2,1H3;2-3H,4-5H2,1H3. The van der Waals surface area contributed by atoms with Gasteiger partial charge >= 0.3 is 35.8 Å². The highest BCUT2D eigenvalue weighted by atomic mass is 79.9. The highest BCUT2D eigenvalue weighted by molar-refractivity contribution is 9.11. The van der Waals surface area contributed by atoms with Crippen LogP contribution in [0.2, 0.25) is 5.02 Å². The number of esters is 4. The van der Waals surface area contributed by atoms with Gasteiger partial charge in [0.15, 0.2) is 47.6 Å². The van der Waals surface area contributed by atoms with Crippen LogP contribution in [0.5, 0.6) is 28.7 Å². The number of hydrogen-bond donors (Lipinski definition) is 3. The Labute approximate surface area is 765 Å². The van der Waals surface area contributed by atoms with E-state index in [1.807, 2.05) is 0 Å². The summed E-state index contributed by atoms with van der Waals surface area (Å²) in [5.41, 5.74) is 4.06. The minimum atomic E-state index is -1.21. The second-order valence-corrected chi connectivity index (χ2v) is 32.5. The van der Waals surface area contributed by atoms with Crippen LogP contribution in [0.25, 0.3) is 0 Å². The number of halogens is 10. The molecule has 10 aromatic rings. The first-order valence-corrected chi connectivity index (χ1v) is 41.3. The Hall–Kier alpha value is -13.8. The topological polar surface area (TPSA) is 387 Å². The van der Waals surface area contributed by atoms with E-state index in [4.69, 9.17) is 45.5 Å². The van der Waals surface area contributed by atoms with E-state index in [9.17, 15) is 93.4 Å². The van der Waals surface area contributed by atoms with Gasteiger partial charge < -0.3 is 72.7 Å². The molecule has 4 amide bonds.